The average Bonchev–Trinajstić information content (AvgIpc) is 3.07. The van der Waals surface area contributed by atoms with Crippen molar-refractivity contribution < 1.29 is 14.2 Å². The summed E-state index contributed by atoms with van der Waals surface area (Å²) in [5.74, 6) is 0.661. The number of hydrogen-bond acceptors (Lipinski definition) is 5. The van der Waals surface area contributed by atoms with E-state index >= 15 is 0 Å². The number of benzene rings is 1. The van der Waals surface area contributed by atoms with Gasteiger partial charge in [0.25, 0.3) is 0 Å². The highest BCUT2D eigenvalue weighted by Crippen LogP contribution is 2.25. The number of hydrogen-bond donors (Lipinski definition) is 1. The summed E-state index contributed by atoms with van der Waals surface area (Å²) in [5, 5.41) is 14.7. The Morgan fingerprint density at radius 2 is 2.07 bits per heavy atom. The Balaban J connectivity index is 1.82. The van der Waals surface area contributed by atoms with Crippen LogP contribution >= 0.6 is 22.6 Å². The standard InChI is InChI=1S/C20H22FIN4O2/c1-2-14-13(4-3-5-15(14)21)10-18-17(12-27)23-20-16(22)11-19(24-26(18)20)25-6-8-28-9-7-25/h3-5,11,27H,2,6-10,12H2,1H3. The number of fused-ring (bicyclic) bond motifs is 1. The fraction of sp³-hybridized carbons (Fsp3) is 0.400. The summed E-state index contributed by atoms with van der Waals surface area (Å²) in [6.07, 6.45) is 1.07. The van der Waals surface area contributed by atoms with Crippen LogP contribution in [0.15, 0.2) is 24.3 Å². The number of nitrogens with zero attached hydrogens (tertiary/aromatic N) is 4. The Morgan fingerprint density at radius 1 is 1.29 bits per heavy atom. The van der Waals surface area contributed by atoms with Crippen molar-refractivity contribution in [3.63, 3.8) is 0 Å². The zero-order chi connectivity index (χ0) is 19.7. The van der Waals surface area contributed by atoms with Crippen LogP contribution < -0.4 is 4.90 Å². The van der Waals surface area contributed by atoms with Gasteiger partial charge >= 0.3 is 0 Å². The monoisotopic (exact) mass is 496 g/mol. The molecule has 0 saturated carbocycles. The number of rotatable bonds is 5. The molecule has 4 rings (SSSR count). The quantitative estimate of drug-likeness (QED) is 0.551. The Morgan fingerprint density at radius 3 is 2.79 bits per heavy atom. The van der Waals surface area contributed by atoms with Crippen LogP contribution in [0.2, 0.25) is 0 Å². The number of imidazole rings is 1. The topological polar surface area (TPSA) is 62.9 Å². The first-order valence-corrected chi connectivity index (χ1v) is 10.5. The van der Waals surface area contributed by atoms with Crippen molar-refractivity contribution in [2.24, 2.45) is 0 Å². The molecule has 1 aliphatic heterocycles. The van der Waals surface area contributed by atoms with E-state index in [4.69, 9.17) is 9.84 Å². The molecule has 1 aromatic carbocycles. The molecule has 3 aromatic rings. The first-order valence-electron chi connectivity index (χ1n) is 9.39. The third kappa shape index (κ3) is 3.60. The molecule has 1 saturated heterocycles. The predicted molar refractivity (Wildman–Crippen MR) is 113 cm³/mol. The van der Waals surface area contributed by atoms with Crippen molar-refractivity contribution in [3.8, 4) is 0 Å². The van der Waals surface area contributed by atoms with Crippen LogP contribution in [0.1, 0.15) is 29.4 Å². The van der Waals surface area contributed by atoms with E-state index in [1.165, 1.54) is 6.07 Å². The molecule has 0 unspecified atom stereocenters. The fourth-order valence-corrected chi connectivity index (χ4v) is 4.28. The van der Waals surface area contributed by atoms with Gasteiger partial charge in [-0.25, -0.2) is 13.9 Å². The lowest BCUT2D eigenvalue weighted by Crippen LogP contribution is -2.37. The molecule has 6 nitrogen and oxygen atoms in total. The lowest BCUT2D eigenvalue weighted by Gasteiger charge is -2.27. The van der Waals surface area contributed by atoms with Crippen molar-refractivity contribution >= 4 is 34.1 Å². The molecule has 0 aliphatic carbocycles. The van der Waals surface area contributed by atoms with Gasteiger partial charge in [0.1, 0.15) is 5.82 Å². The third-order valence-electron chi connectivity index (χ3n) is 5.11. The highest BCUT2D eigenvalue weighted by atomic mass is 127. The number of anilines is 1. The fourth-order valence-electron chi connectivity index (χ4n) is 3.66. The second-order valence-corrected chi connectivity index (χ2v) is 7.92. The number of ether oxygens (including phenoxy) is 1. The lowest BCUT2D eigenvalue weighted by molar-refractivity contribution is 0.122. The highest BCUT2D eigenvalue weighted by Gasteiger charge is 2.20. The first kappa shape index (κ1) is 19.5. The van der Waals surface area contributed by atoms with Crippen molar-refractivity contribution in [1.82, 2.24) is 14.6 Å². The Bertz CT molecular complexity index is 1000. The van der Waals surface area contributed by atoms with E-state index in [9.17, 15) is 9.50 Å². The minimum atomic E-state index is -0.198. The summed E-state index contributed by atoms with van der Waals surface area (Å²) in [4.78, 5) is 6.78. The first-order chi connectivity index (χ1) is 13.6. The summed E-state index contributed by atoms with van der Waals surface area (Å²) < 4.78 is 22.5. The van der Waals surface area contributed by atoms with Gasteiger partial charge in [-0.2, -0.15) is 0 Å². The lowest BCUT2D eigenvalue weighted by atomic mass is 10.00. The molecule has 3 heterocycles. The zero-order valence-electron chi connectivity index (χ0n) is 15.7. The molecule has 0 amide bonds. The van der Waals surface area contributed by atoms with Crippen LogP contribution in [0.4, 0.5) is 10.2 Å². The number of aliphatic hydroxyl groups is 1. The Kier molecular flexibility index (Phi) is 5.79. The van der Waals surface area contributed by atoms with Crippen molar-refractivity contribution in [2.75, 3.05) is 31.2 Å². The van der Waals surface area contributed by atoms with Crippen LogP contribution in [0.3, 0.4) is 0 Å². The molecule has 1 N–H and O–H groups in total. The van der Waals surface area contributed by atoms with E-state index in [0.717, 1.165) is 33.7 Å². The molecule has 1 fully saturated rings. The van der Waals surface area contributed by atoms with Gasteiger partial charge in [-0.3, -0.25) is 0 Å². The molecule has 0 radical (unpaired) electrons. The molecule has 148 valence electrons. The third-order valence-corrected chi connectivity index (χ3v) is 5.91. The van der Waals surface area contributed by atoms with Crippen molar-refractivity contribution in [2.45, 2.75) is 26.4 Å². The molecule has 0 spiro atoms. The van der Waals surface area contributed by atoms with Crippen LogP contribution in [0.25, 0.3) is 5.65 Å². The van der Waals surface area contributed by atoms with Gasteiger partial charge in [0.15, 0.2) is 11.5 Å². The molecular weight excluding hydrogens is 474 g/mol. The van der Waals surface area contributed by atoms with Crippen molar-refractivity contribution in [1.29, 1.82) is 0 Å². The Labute approximate surface area is 176 Å². The van der Waals surface area contributed by atoms with Crippen molar-refractivity contribution in [3.05, 3.63) is 56.2 Å². The summed E-state index contributed by atoms with van der Waals surface area (Å²) in [6, 6.07) is 7.15. The van der Waals surface area contributed by atoms with E-state index in [1.807, 2.05) is 23.6 Å². The van der Waals surface area contributed by atoms with Gasteiger partial charge in [0, 0.05) is 19.5 Å². The van der Waals surface area contributed by atoms with E-state index in [0.29, 0.717) is 43.0 Å². The summed E-state index contributed by atoms with van der Waals surface area (Å²) in [7, 11) is 0. The second-order valence-electron chi connectivity index (χ2n) is 6.76. The predicted octanol–water partition coefficient (Wildman–Crippen LogP) is 2.96. The Hall–Kier alpha value is -1.78. The van der Waals surface area contributed by atoms with Gasteiger partial charge < -0.3 is 14.7 Å². The van der Waals surface area contributed by atoms with E-state index in [-0.39, 0.29) is 12.4 Å². The van der Waals surface area contributed by atoms with Gasteiger partial charge in [0.05, 0.1) is 34.8 Å². The maximum atomic E-state index is 14.2. The molecular formula is C20H22FIN4O2. The van der Waals surface area contributed by atoms with E-state index in [1.54, 1.807) is 6.07 Å². The van der Waals surface area contributed by atoms with E-state index in [2.05, 4.69) is 32.5 Å². The largest absolute Gasteiger partial charge is 0.390 e. The molecule has 2 aromatic heterocycles. The molecule has 1 aliphatic rings. The molecule has 8 heteroatoms. The summed E-state index contributed by atoms with van der Waals surface area (Å²) in [5.41, 5.74) is 3.68. The maximum Gasteiger partial charge on any atom is 0.167 e. The maximum absolute atomic E-state index is 14.2. The van der Waals surface area contributed by atoms with Gasteiger partial charge in [-0.15, -0.1) is 5.10 Å². The van der Waals surface area contributed by atoms with Gasteiger partial charge in [0.2, 0.25) is 0 Å². The summed E-state index contributed by atoms with van der Waals surface area (Å²) in [6.45, 7) is 4.69. The number of aromatic nitrogens is 3. The summed E-state index contributed by atoms with van der Waals surface area (Å²) >= 11 is 2.25. The van der Waals surface area contributed by atoms with Crippen LogP contribution in [-0.2, 0) is 24.2 Å². The smallest absolute Gasteiger partial charge is 0.167 e. The number of morpholine rings is 1. The highest BCUT2D eigenvalue weighted by molar-refractivity contribution is 14.1. The second kappa shape index (κ2) is 8.30. The van der Waals surface area contributed by atoms with Crippen LogP contribution in [0.5, 0.6) is 0 Å². The minimum absolute atomic E-state index is 0.182. The SMILES string of the molecule is CCc1c(F)cccc1Cc1c(CO)nc2c(I)cc(N3CCOCC3)nn12. The normalized spacial score (nSPS) is 14.8. The van der Waals surface area contributed by atoms with Gasteiger partial charge in [-0.05, 0) is 52.3 Å². The zero-order valence-corrected chi connectivity index (χ0v) is 17.8. The molecule has 28 heavy (non-hydrogen) atoms. The minimum Gasteiger partial charge on any atom is -0.390 e. The van der Waals surface area contributed by atoms with Gasteiger partial charge in [-0.1, -0.05) is 19.1 Å². The van der Waals surface area contributed by atoms with Crippen LogP contribution in [-0.4, -0.2) is 46.0 Å². The molecule has 0 bridgehead atoms. The molecule has 0 atom stereocenters. The number of aliphatic hydroxyl groups excluding tert-OH is 1. The number of halogens is 2. The van der Waals surface area contributed by atoms with E-state index < -0.39 is 0 Å². The van der Waals surface area contributed by atoms with Crippen LogP contribution in [0, 0.1) is 9.39 Å². The average molecular weight is 496 g/mol.